The highest BCUT2D eigenvalue weighted by Gasteiger charge is 1.93. The van der Waals surface area contributed by atoms with Gasteiger partial charge >= 0.3 is 0 Å². The van der Waals surface area contributed by atoms with E-state index in [0.717, 1.165) is 12.8 Å². The Hall–Kier alpha value is -1.56. The van der Waals surface area contributed by atoms with E-state index in [2.05, 4.69) is 60.7 Å². The molecule has 2 rings (SSSR count). The van der Waals surface area contributed by atoms with Crippen molar-refractivity contribution in [3.05, 3.63) is 79.2 Å². The molecule has 0 nitrogen and oxygen atoms in total. The number of rotatable bonds is 3. The lowest BCUT2D eigenvalue weighted by molar-refractivity contribution is 0.960. The third-order valence-corrected chi connectivity index (χ3v) is 2.39. The van der Waals surface area contributed by atoms with Crippen LogP contribution in [0.3, 0.4) is 0 Å². The van der Waals surface area contributed by atoms with E-state index in [4.69, 9.17) is 0 Å². The van der Waals surface area contributed by atoms with Crippen molar-refractivity contribution in [2.24, 2.45) is 0 Å². The van der Waals surface area contributed by atoms with Crippen LogP contribution in [0.25, 0.3) is 0 Å². The molecule has 2 aromatic carbocycles. The summed E-state index contributed by atoms with van der Waals surface area (Å²) in [7, 11) is 0. The lowest BCUT2D eigenvalue weighted by Crippen LogP contribution is -1.89. The van der Waals surface area contributed by atoms with E-state index in [1.807, 2.05) is 0 Å². The van der Waals surface area contributed by atoms with E-state index in [0.29, 0.717) is 0 Å². The molecule has 0 aromatic heterocycles. The lowest BCUT2D eigenvalue weighted by Gasteiger charge is -2.01. The van der Waals surface area contributed by atoms with Crippen LogP contribution in [0.15, 0.2) is 60.7 Å². The largest absolute Gasteiger partial charge is 0.0622 e. The van der Waals surface area contributed by atoms with Gasteiger partial charge < -0.3 is 0 Å². The Bertz CT molecular complexity index is 322. The second-order valence-corrected chi connectivity index (χ2v) is 3.47. The number of benzene rings is 2. The fourth-order valence-electron chi connectivity index (χ4n) is 1.58. The second kappa shape index (κ2) is 6.02. The quantitative estimate of drug-likeness (QED) is 0.701. The smallest absolute Gasteiger partial charge is 0.0238 e. The monoisotopic (exact) mass is 195 g/mol. The van der Waals surface area contributed by atoms with E-state index in [1.165, 1.54) is 11.1 Å². The van der Waals surface area contributed by atoms with E-state index in [1.54, 1.807) is 0 Å². The summed E-state index contributed by atoms with van der Waals surface area (Å²) in [5.74, 6) is 0. The minimum Gasteiger partial charge on any atom is -0.0622 e. The van der Waals surface area contributed by atoms with Crippen LogP contribution in [0.2, 0.25) is 0 Å². The molecule has 0 heterocycles. The van der Waals surface area contributed by atoms with Gasteiger partial charge in [0.05, 0.1) is 0 Å². The first-order valence-corrected chi connectivity index (χ1v) is 5.03. The molecule has 0 atom stereocenters. The zero-order chi connectivity index (χ0) is 9.64. The fourth-order valence-corrected chi connectivity index (χ4v) is 1.58. The van der Waals surface area contributed by atoms with Crippen LogP contribution in [0.4, 0.5) is 0 Å². The number of hydrogen-bond acceptors (Lipinski definition) is 0. The summed E-state index contributed by atoms with van der Waals surface area (Å²) in [5, 5.41) is 0. The van der Waals surface area contributed by atoms with Gasteiger partial charge in [0.15, 0.2) is 0 Å². The summed E-state index contributed by atoms with van der Waals surface area (Å²) in [4.78, 5) is 0. The molecule has 0 amide bonds. The maximum atomic E-state index is 2.18. The Morgan fingerprint density at radius 1 is 0.533 bits per heavy atom. The molecule has 75 valence electrons. The molecular weight excluding hydrogens is 180 g/mol. The van der Waals surface area contributed by atoms with Crippen LogP contribution in [0.5, 0.6) is 0 Å². The topological polar surface area (TPSA) is 0 Å². The molecule has 0 aliphatic carbocycles. The van der Waals surface area contributed by atoms with Gasteiger partial charge in [-0.25, -0.2) is 0 Å². The minimum absolute atomic E-state index is 0. The summed E-state index contributed by atoms with van der Waals surface area (Å²) >= 11 is 0. The molecule has 0 fully saturated rings. The Morgan fingerprint density at radius 3 is 1.20 bits per heavy atom. The zero-order valence-electron chi connectivity index (χ0n) is 8.77. The summed E-state index contributed by atoms with van der Waals surface area (Å²) in [6, 6.07) is 21.2. The summed E-state index contributed by atoms with van der Waals surface area (Å²) < 4.78 is 0. The molecule has 3 radical (unpaired) electrons. The van der Waals surface area contributed by atoms with Crippen LogP contribution in [-0.2, 0) is 12.8 Å². The Kier molecular flexibility index (Phi) is 4.62. The molecule has 0 bridgehead atoms. The standard InChI is InChI=1S/C14H14.CH/c1-3-7-13(8-4-1)11-12-14-9-5-2-6-10-14;/h1-10H,11-12H2;1H. The van der Waals surface area contributed by atoms with Crippen molar-refractivity contribution >= 4 is 0 Å². The van der Waals surface area contributed by atoms with Gasteiger partial charge in [0.25, 0.3) is 0 Å². The van der Waals surface area contributed by atoms with Crippen molar-refractivity contribution in [2.45, 2.75) is 12.8 Å². The maximum absolute atomic E-state index is 2.18. The van der Waals surface area contributed by atoms with Crippen molar-refractivity contribution in [3.63, 3.8) is 0 Å². The van der Waals surface area contributed by atoms with Crippen molar-refractivity contribution in [1.82, 2.24) is 0 Å². The van der Waals surface area contributed by atoms with Gasteiger partial charge in [-0.3, -0.25) is 0 Å². The molecule has 0 saturated heterocycles. The van der Waals surface area contributed by atoms with Gasteiger partial charge in [0.1, 0.15) is 0 Å². The average molecular weight is 195 g/mol. The van der Waals surface area contributed by atoms with Crippen molar-refractivity contribution in [2.75, 3.05) is 0 Å². The summed E-state index contributed by atoms with van der Waals surface area (Å²) in [6.07, 6.45) is 2.26. The molecule has 0 aliphatic heterocycles. The van der Waals surface area contributed by atoms with Crippen molar-refractivity contribution in [1.29, 1.82) is 0 Å². The first-order chi connectivity index (χ1) is 6.95. The molecule has 15 heavy (non-hydrogen) atoms. The van der Waals surface area contributed by atoms with Gasteiger partial charge in [0, 0.05) is 0 Å². The Labute approximate surface area is 92.6 Å². The minimum atomic E-state index is 0. The predicted octanol–water partition coefficient (Wildman–Crippen LogP) is 3.68. The fraction of sp³-hybridized carbons (Fsp3) is 0.133. The molecule has 0 spiro atoms. The molecule has 0 N–H and O–H groups in total. The Balaban J connectivity index is 0.00000112. The van der Waals surface area contributed by atoms with E-state index in [9.17, 15) is 0 Å². The van der Waals surface area contributed by atoms with E-state index >= 15 is 0 Å². The number of hydrogen-bond donors (Lipinski definition) is 0. The molecule has 2 aromatic rings. The SMILES string of the molecule is [CH].c1ccc(CCc2ccccc2)cc1. The van der Waals surface area contributed by atoms with Crippen LogP contribution >= 0.6 is 0 Å². The first kappa shape index (κ1) is 11.5. The maximum Gasteiger partial charge on any atom is -0.0238 e. The van der Waals surface area contributed by atoms with Crippen molar-refractivity contribution < 1.29 is 0 Å². The second-order valence-electron chi connectivity index (χ2n) is 3.47. The molecule has 0 unspecified atom stereocenters. The molecule has 0 heteroatoms. The predicted molar refractivity (Wildman–Crippen MR) is 64.6 cm³/mol. The molecule has 0 aliphatic rings. The third-order valence-electron chi connectivity index (χ3n) is 2.39. The summed E-state index contributed by atoms with van der Waals surface area (Å²) in [5.41, 5.74) is 2.83. The third kappa shape index (κ3) is 3.59. The average Bonchev–Trinajstić information content (AvgIpc) is 2.29. The van der Waals surface area contributed by atoms with Crippen molar-refractivity contribution in [3.8, 4) is 0 Å². The van der Waals surface area contributed by atoms with Gasteiger partial charge in [-0.2, -0.15) is 0 Å². The highest BCUT2D eigenvalue weighted by atomic mass is 14.0. The van der Waals surface area contributed by atoms with Gasteiger partial charge in [0.2, 0.25) is 0 Å². The highest BCUT2D eigenvalue weighted by molar-refractivity contribution is 5.19. The van der Waals surface area contributed by atoms with Gasteiger partial charge in [-0.05, 0) is 31.4 Å². The molecule has 0 saturated carbocycles. The van der Waals surface area contributed by atoms with Gasteiger partial charge in [-0.15, -0.1) is 0 Å². The van der Waals surface area contributed by atoms with Crippen LogP contribution in [0, 0.1) is 7.43 Å². The zero-order valence-corrected chi connectivity index (χ0v) is 8.77. The highest BCUT2D eigenvalue weighted by Crippen LogP contribution is 2.06. The van der Waals surface area contributed by atoms with Crippen LogP contribution in [0.1, 0.15) is 11.1 Å². The first-order valence-electron chi connectivity index (χ1n) is 5.03. The lowest BCUT2D eigenvalue weighted by atomic mass is 10.0. The van der Waals surface area contributed by atoms with Crippen LogP contribution < -0.4 is 0 Å². The normalized spacial score (nSPS) is 9.33. The van der Waals surface area contributed by atoms with Gasteiger partial charge in [-0.1, -0.05) is 60.7 Å². The summed E-state index contributed by atoms with van der Waals surface area (Å²) in [6.45, 7) is 0. The van der Waals surface area contributed by atoms with Crippen LogP contribution in [-0.4, -0.2) is 0 Å². The molecular formula is C15H15. The van der Waals surface area contributed by atoms with E-state index in [-0.39, 0.29) is 7.43 Å². The number of aryl methyl sites for hydroxylation is 2. The van der Waals surface area contributed by atoms with E-state index < -0.39 is 0 Å². The Morgan fingerprint density at radius 2 is 0.867 bits per heavy atom.